The van der Waals surface area contributed by atoms with Crippen molar-refractivity contribution in [3.63, 3.8) is 0 Å². The van der Waals surface area contributed by atoms with E-state index in [-0.39, 0.29) is 13.0 Å². The molecule has 4 rings (SSSR count). The van der Waals surface area contributed by atoms with Gasteiger partial charge >= 0.3 is 0 Å². The summed E-state index contributed by atoms with van der Waals surface area (Å²) in [6, 6.07) is 17.7. The Kier molecular flexibility index (Phi) is 9.18. The topological polar surface area (TPSA) is 114 Å². The van der Waals surface area contributed by atoms with Crippen molar-refractivity contribution in [1.29, 1.82) is 0 Å². The first-order valence-electron chi connectivity index (χ1n) is 12.5. The Morgan fingerprint density at radius 3 is 2.45 bits per heavy atom. The largest absolute Gasteiger partial charge is 0.312 e. The first kappa shape index (κ1) is 28.4. The first-order valence-corrected chi connectivity index (χ1v) is 14.1. The predicted molar refractivity (Wildman–Crippen MR) is 150 cm³/mol. The molecule has 1 unspecified atom stereocenters. The number of amides is 2. The number of nitrogens with zero attached hydrogens (tertiary/aromatic N) is 4. The smallest absolute Gasteiger partial charge is 0.257 e. The summed E-state index contributed by atoms with van der Waals surface area (Å²) in [4.78, 5) is 32.4. The molecule has 9 nitrogen and oxygen atoms in total. The van der Waals surface area contributed by atoms with Crippen LogP contribution in [0, 0.1) is 11.7 Å². The van der Waals surface area contributed by atoms with Crippen LogP contribution in [0.4, 0.5) is 10.1 Å². The third-order valence-corrected chi connectivity index (χ3v) is 6.99. The molecule has 0 radical (unpaired) electrons. The number of carbonyl (C=O) groups excluding carboxylic acids is 2. The van der Waals surface area contributed by atoms with Gasteiger partial charge in [0.25, 0.3) is 10.0 Å². The van der Waals surface area contributed by atoms with Crippen molar-refractivity contribution in [2.45, 2.75) is 19.9 Å². The molecule has 0 saturated carbocycles. The van der Waals surface area contributed by atoms with Gasteiger partial charge in [0.05, 0.1) is 18.1 Å². The second kappa shape index (κ2) is 12.9. The second-order valence-corrected chi connectivity index (χ2v) is 10.5. The van der Waals surface area contributed by atoms with Crippen molar-refractivity contribution in [3.05, 3.63) is 119 Å². The summed E-state index contributed by atoms with van der Waals surface area (Å²) in [5.41, 5.74) is 2.48. The Morgan fingerprint density at radius 1 is 1.02 bits per heavy atom. The van der Waals surface area contributed by atoms with Gasteiger partial charge in [-0.15, -0.1) is 0 Å². The van der Waals surface area contributed by atoms with Gasteiger partial charge < -0.3 is 4.90 Å². The number of benzene rings is 2. The van der Waals surface area contributed by atoms with Crippen LogP contribution in [-0.2, 0) is 32.6 Å². The van der Waals surface area contributed by atoms with Crippen LogP contribution in [0.2, 0.25) is 0 Å². The van der Waals surface area contributed by atoms with Crippen LogP contribution in [0.5, 0.6) is 0 Å². The van der Waals surface area contributed by atoms with Crippen LogP contribution >= 0.6 is 0 Å². The molecule has 1 atom stereocenters. The maximum atomic E-state index is 13.7. The molecular weight excluding hydrogens is 533 g/mol. The number of hydrogen-bond acceptors (Lipinski definition) is 6. The normalized spacial score (nSPS) is 12.2. The molecular formula is C29H28FN5O4S. The fourth-order valence-corrected chi connectivity index (χ4v) is 4.88. The number of rotatable bonds is 11. The summed E-state index contributed by atoms with van der Waals surface area (Å²) in [5.74, 6) is -3.49. The highest BCUT2D eigenvalue weighted by Crippen LogP contribution is 2.20. The molecule has 2 aromatic carbocycles. The van der Waals surface area contributed by atoms with E-state index in [1.807, 2.05) is 10.8 Å². The highest BCUT2D eigenvalue weighted by atomic mass is 32.2. The van der Waals surface area contributed by atoms with Gasteiger partial charge in [0.2, 0.25) is 11.8 Å². The SMILES string of the molecule is CCN(C(=O)C(Cc1cnn(Cc2cccnc2)c1)C(=O)NS(=O)(=O)C=Cc1ccccc1)c1ccc(F)cc1. The van der Waals surface area contributed by atoms with Gasteiger partial charge in [0.15, 0.2) is 0 Å². The predicted octanol–water partition coefficient (Wildman–Crippen LogP) is 3.79. The molecule has 0 fully saturated rings. The van der Waals surface area contributed by atoms with E-state index in [0.717, 1.165) is 11.0 Å². The lowest BCUT2D eigenvalue weighted by atomic mass is 9.99. The molecule has 0 saturated heterocycles. The van der Waals surface area contributed by atoms with Crippen LogP contribution < -0.4 is 9.62 Å². The fourth-order valence-electron chi connectivity index (χ4n) is 4.06. The molecule has 40 heavy (non-hydrogen) atoms. The summed E-state index contributed by atoms with van der Waals surface area (Å²) in [5, 5.41) is 5.20. The monoisotopic (exact) mass is 561 g/mol. The van der Waals surface area contributed by atoms with Gasteiger partial charge in [-0.1, -0.05) is 36.4 Å². The van der Waals surface area contributed by atoms with Crippen molar-refractivity contribution < 1.29 is 22.4 Å². The van der Waals surface area contributed by atoms with Gasteiger partial charge in [0.1, 0.15) is 11.7 Å². The standard InChI is InChI=1S/C29H28FN5O4S/c1-2-35(26-12-10-25(30)11-13-26)29(37)27(17-24-19-32-34(21-24)20-23-9-6-15-31-18-23)28(36)33-40(38,39)16-14-22-7-4-3-5-8-22/h3-16,18-19,21,27H,2,17,20H2,1H3,(H,33,36). The number of nitrogens with one attached hydrogen (secondary N) is 1. The number of aromatic nitrogens is 3. The minimum Gasteiger partial charge on any atom is -0.312 e. The molecule has 2 aromatic heterocycles. The Hall–Kier alpha value is -4.64. The van der Waals surface area contributed by atoms with Gasteiger partial charge in [-0.05, 0) is 66.4 Å². The zero-order valence-corrected chi connectivity index (χ0v) is 22.5. The molecule has 0 aliphatic rings. The number of sulfonamides is 1. The van der Waals surface area contributed by atoms with E-state index in [1.54, 1.807) is 66.6 Å². The number of pyridine rings is 1. The number of halogens is 1. The molecule has 2 heterocycles. The lowest BCUT2D eigenvalue weighted by Crippen LogP contribution is -2.46. The fraction of sp³-hybridized carbons (Fsp3) is 0.172. The van der Waals surface area contributed by atoms with E-state index >= 15 is 0 Å². The third kappa shape index (κ3) is 7.70. The molecule has 206 valence electrons. The Morgan fingerprint density at radius 2 is 1.77 bits per heavy atom. The van der Waals surface area contributed by atoms with Crippen molar-refractivity contribution in [3.8, 4) is 0 Å². The lowest BCUT2D eigenvalue weighted by molar-refractivity contribution is -0.132. The summed E-state index contributed by atoms with van der Waals surface area (Å²) < 4.78 is 42.7. The average molecular weight is 562 g/mol. The van der Waals surface area contributed by atoms with Gasteiger partial charge in [-0.2, -0.15) is 5.10 Å². The molecule has 4 aromatic rings. The third-order valence-electron chi connectivity index (χ3n) is 6.01. The van der Waals surface area contributed by atoms with Crippen LogP contribution in [0.3, 0.4) is 0 Å². The van der Waals surface area contributed by atoms with Crippen LogP contribution in [0.25, 0.3) is 6.08 Å². The lowest BCUT2D eigenvalue weighted by Gasteiger charge is -2.25. The molecule has 0 bridgehead atoms. The van der Waals surface area contributed by atoms with E-state index in [9.17, 15) is 22.4 Å². The summed E-state index contributed by atoms with van der Waals surface area (Å²) in [7, 11) is -4.22. The Bertz CT molecular complexity index is 1570. The molecule has 0 spiro atoms. The molecule has 1 N–H and O–H groups in total. The molecule has 0 aliphatic carbocycles. The van der Waals surface area contributed by atoms with Crippen molar-refractivity contribution in [2.24, 2.45) is 5.92 Å². The maximum absolute atomic E-state index is 13.7. The van der Waals surface area contributed by atoms with Gasteiger partial charge in [0, 0.05) is 30.8 Å². The minimum absolute atomic E-state index is 0.104. The quantitative estimate of drug-likeness (QED) is 0.279. The highest BCUT2D eigenvalue weighted by Gasteiger charge is 2.33. The number of hydrogen-bond donors (Lipinski definition) is 1. The van der Waals surface area contributed by atoms with Crippen molar-refractivity contribution in [2.75, 3.05) is 11.4 Å². The number of carbonyl (C=O) groups is 2. The van der Waals surface area contributed by atoms with Gasteiger partial charge in [-0.3, -0.25) is 19.3 Å². The summed E-state index contributed by atoms with van der Waals surface area (Å²) in [6.07, 6.45) is 7.84. The first-order chi connectivity index (χ1) is 19.2. The Balaban J connectivity index is 1.58. The van der Waals surface area contributed by atoms with E-state index in [0.29, 0.717) is 23.4 Å². The van der Waals surface area contributed by atoms with E-state index in [2.05, 4.69) is 10.1 Å². The van der Waals surface area contributed by atoms with Crippen molar-refractivity contribution >= 4 is 33.6 Å². The maximum Gasteiger partial charge on any atom is 0.257 e. The summed E-state index contributed by atoms with van der Waals surface area (Å²) in [6.45, 7) is 2.31. The second-order valence-electron chi connectivity index (χ2n) is 8.95. The molecule has 0 aliphatic heterocycles. The van der Waals surface area contributed by atoms with Crippen molar-refractivity contribution in [1.82, 2.24) is 19.5 Å². The number of anilines is 1. The van der Waals surface area contributed by atoms with E-state index < -0.39 is 33.6 Å². The summed E-state index contributed by atoms with van der Waals surface area (Å²) >= 11 is 0. The molecule has 2 amide bonds. The minimum atomic E-state index is -4.22. The van der Waals surface area contributed by atoms with Crippen LogP contribution in [0.1, 0.15) is 23.6 Å². The average Bonchev–Trinajstić information content (AvgIpc) is 3.39. The van der Waals surface area contributed by atoms with E-state index in [4.69, 9.17) is 0 Å². The zero-order chi connectivity index (χ0) is 28.5. The van der Waals surface area contributed by atoms with Crippen LogP contribution in [0.15, 0.2) is 96.9 Å². The Labute approximate surface area is 232 Å². The van der Waals surface area contributed by atoms with Crippen LogP contribution in [-0.4, -0.2) is 41.5 Å². The van der Waals surface area contributed by atoms with Gasteiger partial charge in [-0.25, -0.2) is 17.5 Å². The van der Waals surface area contributed by atoms with E-state index in [1.165, 1.54) is 41.4 Å². The highest BCUT2D eigenvalue weighted by molar-refractivity contribution is 7.93. The molecule has 11 heteroatoms. The zero-order valence-electron chi connectivity index (χ0n) is 21.7.